The van der Waals surface area contributed by atoms with E-state index in [1.807, 2.05) is 37.4 Å². The molecule has 1 N–H and O–H groups in total. The molecule has 2 heterocycles. The lowest BCUT2D eigenvalue weighted by molar-refractivity contribution is 0.0940. The first-order chi connectivity index (χ1) is 14.5. The summed E-state index contributed by atoms with van der Waals surface area (Å²) in [6, 6.07) is 18.2. The van der Waals surface area contributed by atoms with E-state index in [1.165, 1.54) is 12.1 Å². The first-order valence-electron chi connectivity index (χ1n) is 9.70. The van der Waals surface area contributed by atoms with Gasteiger partial charge < -0.3 is 5.32 Å². The van der Waals surface area contributed by atoms with E-state index in [9.17, 15) is 9.18 Å². The molecule has 30 heavy (non-hydrogen) atoms. The molecule has 0 saturated heterocycles. The third-order valence-corrected chi connectivity index (χ3v) is 5.87. The van der Waals surface area contributed by atoms with Crippen molar-refractivity contribution in [2.45, 2.75) is 26.9 Å². The van der Waals surface area contributed by atoms with Crippen LogP contribution in [0.4, 0.5) is 4.39 Å². The van der Waals surface area contributed by atoms with Crippen LogP contribution in [0.2, 0.25) is 0 Å². The highest BCUT2D eigenvalue weighted by Gasteiger charge is 2.17. The zero-order valence-corrected chi connectivity index (χ0v) is 17.7. The number of carbonyl (C=O) groups excluding carboxylic acids is 1. The Morgan fingerprint density at radius 3 is 2.63 bits per heavy atom. The molecule has 1 amide bonds. The number of thiophene rings is 1. The SMILES string of the molecule is Cc1ccc(C)c(CNC(=O)c2cc(-c3cccs3)nn2Cc2ccc(F)cc2)c1. The maximum atomic E-state index is 13.3. The predicted octanol–water partition coefficient (Wildman–Crippen LogP) is 5.35. The summed E-state index contributed by atoms with van der Waals surface area (Å²) < 4.78 is 14.9. The molecular weight excluding hydrogens is 397 g/mol. The van der Waals surface area contributed by atoms with Crippen molar-refractivity contribution in [1.82, 2.24) is 15.1 Å². The third-order valence-electron chi connectivity index (χ3n) is 4.98. The number of halogens is 1. The van der Waals surface area contributed by atoms with Gasteiger partial charge >= 0.3 is 0 Å². The van der Waals surface area contributed by atoms with E-state index in [0.29, 0.717) is 18.8 Å². The highest BCUT2D eigenvalue weighted by molar-refractivity contribution is 7.13. The lowest BCUT2D eigenvalue weighted by atomic mass is 10.1. The van der Waals surface area contributed by atoms with Crippen LogP contribution in [-0.2, 0) is 13.1 Å². The molecule has 4 nitrogen and oxygen atoms in total. The maximum absolute atomic E-state index is 13.3. The van der Waals surface area contributed by atoms with E-state index in [0.717, 1.165) is 32.8 Å². The molecule has 4 rings (SSSR count). The number of amides is 1. The molecule has 0 aliphatic rings. The Morgan fingerprint density at radius 1 is 1.10 bits per heavy atom. The number of carbonyl (C=O) groups is 1. The smallest absolute Gasteiger partial charge is 0.269 e. The molecule has 0 spiro atoms. The van der Waals surface area contributed by atoms with Crippen LogP contribution >= 0.6 is 11.3 Å². The zero-order chi connectivity index (χ0) is 21.1. The van der Waals surface area contributed by atoms with E-state index in [-0.39, 0.29) is 11.7 Å². The Labute approximate surface area is 179 Å². The molecule has 152 valence electrons. The van der Waals surface area contributed by atoms with E-state index < -0.39 is 0 Å². The van der Waals surface area contributed by atoms with E-state index in [4.69, 9.17) is 0 Å². The van der Waals surface area contributed by atoms with Gasteiger partial charge in [0.1, 0.15) is 17.2 Å². The van der Waals surface area contributed by atoms with Crippen molar-refractivity contribution in [3.8, 4) is 10.6 Å². The standard InChI is InChI=1S/C24H22FN3OS/c1-16-5-6-17(2)19(12-16)14-26-24(29)22-13-21(23-4-3-11-30-23)27-28(22)15-18-7-9-20(25)10-8-18/h3-13H,14-15H2,1-2H3,(H,26,29). The largest absolute Gasteiger partial charge is 0.347 e. The molecule has 0 radical (unpaired) electrons. The van der Waals surface area contributed by atoms with Crippen LogP contribution in [0.1, 0.15) is 32.7 Å². The summed E-state index contributed by atoms with van der Waals surface area (Å²) in [4.78, 5) is 14.0. The second-order valence-electron chi connectivity index (χ2n) is 7.29. The van der Waals surface area contributed by atoms with Crippen LogP contribution in [-0.4, -0.2) is 15.7 Å². The second kappa shape index (κ2) is 8.63. The highest BCUT2D eigenvalue weighted by atomic mass is 32.1. The summed E-state index contributed by atoms with van der Waals surface area (Å²) >= 11 is 1.57. The van der Waals surface area contributed by atoms with Gasteiger partial charge in [0.2, 0.25) is 0 Å². The quantitative estimate of drug-likeness (QED) is 0.458. The van der Waals surface area contributed by atoms with Gasteiger partial charge in [0.05, 0.1) is 11.4 Å². The molecule has 2 aromatic heterocycles. The van der Waals surface area contributed by atoms with Crippen LogP contribution < -0.4 is 5.32 Å². The number of nitrogens with one attached hydrogen (secondary N) is 1. The fraction of sp³-hybridized carbons (Fsp3) is 0.167. The minimum Gasteiger partial charge on any atom is -0.347 e. The molecule has 4 aromatic rings. The van der Waals surface area contributed by atoms with Gasteiger partial charge in [-0.25, -0.2) is 4.39 Å². The molecule has 0 saturated carbocycles. The van der Waals surface area contributed by atoms with E-state index in [1.54, 1.807) is 28.2 Å². The summed E-state index contributed by atoms with van der Waals surface area (Å²) in [7, 11) is 0. The number of aryl methyl sites for hydroxylation is 2. The Kier molecular flexibility index (Phi) is 5.77. The Bertz CT molecular complexity index is 1160. The first-order valence-corrected chi connectivity index (χ1v) is 10.6. The molecular formula is C24H22FN3OS. The molecule has 0 aliphatic carbocycles. The van der Waals surface area contributed by atoms with Crippen molar-refractivity contribution in [2.24, 2.45) is 0 Å². The number of hydrogen-bond acceptors (Lipinski definition) is 3. The van der Waals surface area contributed by atoms with Gasteiger partial charge in [0.25, 0.3) is 5.91 Å². The van der Waals surface area contributed by atoms with Gasteiger partial charge in [-0.3, -0.25) is 9.48 Å². The Morgan fingerprint density at radius 2 is 1.90 bits per heavy atom. The van der Waals surface area contributed by atoms with Crippen LogP contribution in [0, 0.1) is 19.7 Å². The third kappa shape index (κ3) is 4.49. The van der Waals surface area contributed by atoms with Crippen LogP contribution in [0.3, 0.4) is 0 Å². The van der Waals surface area contributed by atoms with Crippen LogP contribution in [0.15, 0.2) is 66.0 Å². The predicted molar refractivity (Wildman–Crippen MR) is 118 cm³/mol. The average molecular weight is 420 g/mol. The molecule has 0 fully saturated rings. The number of benzene rings is 2. The average Bonchev–Trinajstić information content (AvgIpc) is 3.40. The topological polar surface area (TPSA) is 46.9 Å². The lowest BCUT2D eigenvalue weighted by Crippen LogP contribution is -2.26. The normalized spacial score (nSPS) is 10.9. The van der Waals surface area contributed by atoms with Crippen LogP contribution in [0.5, 0.6) is 0 Å². The monoisotopic (exact) mass is 419 g/mol. The molecule has 0 bridgehead atoms. The van der Waals surface area contributed by atoms with Crippen molar-refractivity contribution in [2.75, 3.05) is 0 Å². The van der Waals surface area contributed by atoms with E-state index >= 15 is 0 Å². The van der Waals surface area contributed by atoms with Gasteiger partial charge in [-0.15, -0.1) is 11.3 Å². The molecule has 0 aliphatic heterocycles. The van der Waals surface area contributed by atoms with Gasteiger partial charge in [0, 0.05) is 6.54 Å². The minimum atomic E-state index is -0.287. The summed E-state index contributed by atoms with van der Waals surface area (Å²) in [5, 5.41) is 9.65. The number of rotatable bonds is 6. The molecule has 0 atom stereocenters. The Balaban J connectivity index is 1.60. The van der Waals surface area contributed by atoms with Crippen molar-refractivity contribution in [1.29, 1.82) is 0 Å². The van der Waals surface area contributed by atoms with Gasteiger partial charge in [-0.1, -0.05) is 42.0 Å². The molecule has 6 heteroatoms. The molecule has 2 aromatic carbocycles. The summed E-state index contributed by atoms with van der Waals surface area (Å²) in [6.07, 6.45) is 0. The Hall–Kier alpha value is -3.25. The number of hydrogen-bond donors (Lipinski definition) is 1. The van der Waals surface area contributed by atoms with Crippen LogP contribution in [0.25, 0.3) is 10.6 Å². The van der Waals surface area contributed by atoms with E-state index in [2.05, 4.69) is 28.6 Å². The number of nitrogens with zero attached hydrogens (tertiary/aromatic N) is 2. The van der Waals surface area contributed by atoms with Gasteiger partial charge in [-0.2, -0.15) is 5.10 Å². The van der Waals surface area contributed by atoms with Crippen molar-refractivity contribution < 1.29 is 9.18 Å². The fourth-order valence-corrected chi connectivity index (χ4v) is 3.97. The zero-order valence-electron chi connectivity index (χ0n) is 16.9. The van der Waals surface area contributed by atoms with Gasteiger partial charge in [0.15, 0.2) is 0 Å². The van der Waals surface area contributed by atoms with Gasteiger partial charge in [-0.05, 0) is 60.2 Å². The summed E-state index contributed by atoms with van der Waals surface area (Å²) in [6.45, 7) is 4.91. The van der Waals surface area contributed by atoms with Crippen molar-refractivity contribution in [3.63, 3.8) is 0 Å². The minimum absolute atomic E-state index is 0.187. The fourth-order valence-electron chi connectivity index (χ4n) is 3.28. The first kappa shape index (κ1) is 20.0. The highest BCUT2D eigenvalue weighted by Crippen LogP contribution is 2.25. The second-order valence-corrected chi connectivity index (χ2v) is 8.24. The van der Waals surface area contributed by atoms with Crippen molar-refractivity contribution >= 4 is 17.2 Å². The maximum Gasteiger partial charge on any atom is 0.269 e. The molecule has 0 unspecified atom stereocenters. The summed E-state index contributed by atoms with van der Waals surface area (Å²) in [5.74, 6) is -0.474. The van der Waals surface area contributed by atoms with Crippen molar-refractivity contribution in [3.05, 3.63) is 99.8 Å². The summed E-state index contributed by atoms with van der Waals surface area (Å²) in [5.41, 5.74) is 5.50. The lowest BCUT2D eigenvalue weighted by Gasteiger charge is -2.11. The number of aromatic nitrogens is 2.